The Morgan fingerprint density at radius 3 is 2.66 bits per heavy atom. The fraction of sp³-hybridized carbons (Fsp3) is 0.227. The molecule has 0 N–H and O–H groups in total. The van der Waals surface area contributed by atoms with Crippen molar-refractivity contribution >= 4 is 0 Å². The first kappa shape index (κ1) is 20.9. The maximum absolute atomic E-state index is 12.4. The Kier molecular flexibility index (Phi) is 5.72. The van der Waals surface area contributed by atoms with E-state index in [1.807, 2.05) is 31.2 Å². The third-order valence-electron chi connectivity index (χ3n) is 4.99. The Labute approximate surface area is 183 Å². The van der Waals surface area contributed by atoms with Gasteiger partial charge in [0.15, 0.2) is 0 Å². The van der Waals surface area contributed by atoms with Crippen LogP contribution in [0.3, 0.4) is 0 Å². The molecule has 4 aromatic rings. The fourth-order valence-electron chi connectivity index (χ4n) is 3.35. The lowest BCUT2D eigenvalue weighted by Gasteiger charge is -2.15. The number of rotatable bonds is 7. The zero-order valence-corrected chi connectivity index (χ0v) is 17.9. The van der Waals surface area contributed by atoms with Gasteiger partial charge in [-0.15, -0.1) is 0 Å². The second kappa shape index (κ2) is 8.77. The van der Waals surface area contributed by atoms with Gasteiger partial charge >= 0.3 is 5.69 Å². The van der Waals surface area contributed by atoms with Crippen LogP contribution in [0.25, 0.3) is 16.9 Å². The monoisotopic (exact) mass is 431 g/mol. The summed E-state index contributed by atoms with van der Waals surface area (Å²) in [5.74, 6) is 1.27. The standard InChI is InChI=1S/C22H21N7O3/c1-15-13-16(18-9-11-28(24-18)12-10-23)7-8-20(15)32-14-17-19(5-4-6-21(17)31-3)29-22(30)27(2)25-26-29/h4-9,11,13H,12,14H2,1-3H3. The van der Waals surface area contributed by atoms with Crippen LogP contribution in [-0.4, -0.2) is 36.7 Å². The summed E-state index contributed by atoms with van der Waals surface area (Å²) in [7, 11) is 3.10. The van der Waals surface area contributed by atoms with Gasteiger partial charge in [-0.2, -0.15) is 19.7 Å². The Morgan fingerprint density at radius 1 is 1.12 bits per heavy atom. The minimum Gasteiger partial charge on any atom is -0.496 e. The van der Waals surface area contributed by atoms with Crippen molar-refractivity contribution in [1.29, 1.82) is 5.26 Å². The minimum atomic E-state index is -0.365. The van der Waals surface area contributed by atoms with Gasteiger partial charge in [0.05, 0.1) is 30.1 Å². The molecule has 0 bridgehead atoms. The number of hydrogen-bond acceptors (Lipinski definition) is 7. The van der Waals surface area contributed by atoms with E-state index < -0.39 is 0 Å². The summed E-state index contributed by atoms with van der Waals surface area (Å²) >= 11 is 0. The molecular weight excluding hydrogens is 410 g/mol. The molecule has 0 unspecified atom stereocenters. The molecule has 0 aliphatic heterocycles. The summed E-state index contributed by atoms with van der Waals surface area (Å²) in [6.45, 7) is 2.32. The van der Waals surface area contributed by atoms with Crippen LogP contribution in [0.1, 0.15) is 11.1 Å². The molecule has 0 saturated carbocycles. The van der Waals surface area contributed by atoms with Gasteiger partial charge in [-0.3, -0.25) is 4.68 Å². The maximum Gasteiger partial charge on any atom is 0.368 e. The first-order valence-corrected chi connectivity index (χ1v) is 9.81. The summed E-state index contributed by atoms with van der Waals surface area (Å²) < 4.78 is 15.5. The minimum absolute atomic E-state index is 0.166. The molecule has 32 heavy (non-hydrogen) atoms. The van der Waals surface area contributed by atoms with Crippen LogP contribution < -0.4 is 15.2 Å². The Balaban J connectivity index is 1.60. The van der Waals surface area contributed by atoms with Gasteiger partial charge in [0.1, 0.15) is 24.7 Å². The lowest BCUT2D eigenvalue weighted by Crippen LogP contribution is -2.23. The van der Waals surface area contributed by atoms with E-state index in [2.05, 4.69) is 21.6 Å². The first-order valence-electron chi connectivity index (χ1n) is 9.81. The van der Waals surface area contributed by atoms with E-state index in [9.17, 15) is 4.79 Å². The van der Waals surface area contributed by atoms with Crippen molar-refractivity contribution in [3.05, 3.63) is 70.3 Å². The molecule has 0 spiro atoms. The molecule has 2 aromatic heterocycles. The predicted molar refractivity (Wildman–Crippen MR) is 115 cm³/mol. The SMILES string of the molecule is COc1cccc(-n2nnn(C)c2=O)c1COc1ccc(-c2ccn(CC#N)n2)cc1C. The maximum atomic E-state index is 12.4. The van der Waals surface area contributed by atoms with Crippen LogP contribution in [0.2, 0.25) is 0 Å². The van der Waals surface area contributed by atoms with E-state index in [-0.39, 0.29) is 18.8 Å². The summed E-state index contributed by atoms with van der Waals surface area (Å²) in [6.07, 6.45) is 1.77. The summed E-state index contributed by atoms with van der Waals surface area (Å²) in [5, 5.41) is 20.9. The van der Waals surface area contributed by atoms with Crippen LogP contribution in [0.4, 0.5) is 0 Å². The number of tetrazole rings is 1. The van der Waals surface area contributed by atoms with E-state index in [0.29, 0.717) is 22.7 Å². The van der Waals surface area contributed by atoms with Crippen LogP contribution in [0.15, 0.2) is 53.5 Å². The molecule has 162 valence electrons. The molecule has 0 fully saturated rings. The molecule has 0 radical (unpaired) electrons. The predicted octanol–water partition coefficient (Wildman–Crippen LogP) is 2.25. The van der Waals surface area contributed by atoms with Crippen LogP contribution in [0.5, 0.6) is 11.5 Å². The summed E-state index contributed by atoms with van der Waals surface area (Å²) in [6, 6.07) is 15.1. The fourth-order valence-corrected chi connectivity index (χ4v) is 3.35. The van der Waals surface area contributed by atoms with Crippen molar-refractivity contribution in [2.75, 3.05) is 7.11 Å². The van der Waals surface area contributed by atoms with E-state index >= 15 is 0 Å². The third kappa shape index (κ3) is 3.96. The third-order valence-corrected chi connectivity index (χ3v) is 4.99. The quantitative estimate of drug-likeness (QED) is 0.441. The van der Waals surface area contributed by atoms with Crippen molar-refractivity contribution in [2.45, 2.75) is 20.1 Å². The van der Waals surface area contributed by atoms with Crippen molar-refractivity contribution < 1.29 is 9.47 Å². The average Bonchev–Trinajstić information content (AvgIpc) is 3.40. The molecule has 0 saturated heterocycles. The number of aromatic nitrogens is 6. The van der Waals surface area contributed by atoms with E-state index in [0.717, 1.165) is 21.5 Å². The molecule has 0 amide bonds. The average molecular weight is 431 g/mol. The van der Waals surface area contributed by atoms with Crippen LogP contribution >= 0.6 is 0 Å². The number of benzene rings is 2. The lowest BCUT2D eigenvalue weighted by molar-refractivity contribution is 0.294. The van der Waals surface area contributed by atoms with Crippen molar-refractivity contribution in [1.82, 2.24) is 29.6 Å². The number of aryl methyl sites for hydroxylation is 2. The Morgan fingerprint density at radius 2 is 1.97 bits per heavy atom. The molecular formula is C22H21N7O3. The molecule has 10 heteroatoms. The van der Waals surface area contributed by atoms with Gasteiger partial charge in [-0.1, -0.05) is 6.07 Å². The normalized spacial score (nSPS) is 10.7. The van der Waals surface area contributed by atoms with Crippen LogP contribution in [-0.2, 0) is 20.2 Å². The first-order chi connectivity index (χ1) is 15.5. The Bertz CT molecular complexity index is 1360. The zero-order chi connectivity index (χ0) is 22.7. The number of nitriles is 1. The largest absolute Gasteiger partial charge is 0.496 e. The second-order valence-electron chi connectivity index (χ2n) is 7.08. The van der Waals surface area contributed by atoms with Gasteiger partial charge < -0.3 is 9.47 Å². The molecule has 2 aromatic carbocycles. The number of ether oxygens (including phenoxy) is 2. The molecule has 10 nitrogen and oxygen atoms in total. The number of hydrogen-bond donors (Lipinski definition) is 0. The summed E-state index contributed by atoms with van der Waals surface area (Å²) in [4.78, 5) is 12.4. The van der Waals surface area contributed by atoms with Crippen molar-refractivity contribution in [2.24, 2.45) is 7.05 Å². The Hall–Kier alpha value is -4.39. The van der Waals surface area contributed by atoms with Crippen molar-refractivity contribution in [3.63, 3.8) is 0 Å². The van der Waals surface area contributed by atoms with Gasteiger partial charge in [-0.05, 0) is 59.3 Å². The highest BCUT2D eigenvalue weighted by Crippen LogP contribution is 2.29. The van der Waals surface area contributed by atoms with E-state index in [1.54, 1.807) is 36.2 Å². The lowest BCUT2D eigenvalue weighted by atomic mass is 10.1. The highest BCUT2D eigenvalue weighted by molar-refractivity contribution is 5.61. The highest BCUT2D eigenvalue weighted by atomic mass is 16.5. The van der Waals surface area contributed by atoms with E-state index in [1.165, 1.54) is 11.7 Å². The molecule has 2 heterocycles. The van der Waals surface area contributed by atoms with Crippen LogP contribution in [0, 0.1) is 18.3 Å². The number of nitrogens with zero attached hydrogens (tertiary/aromatic N) is 7. The smallest absolute Gasteiger partial charge is 0.368 e. The van der Waals surface area contributed by atoms with Gasteiger partial charge in [0.2, 0.25) is 0 Å². The zero-order valence-electron chi connectivity index (χ0n) is 17.9. The second-order valence-corrected chi connectivity index (χ2v) is 7.08. The van der Waals surface area contributed by atoms with Gasteiger partial charge in [-0.25, -0.2) is 4.79 Å². The molecule has 0 aliphatic carbocycles. The highest BCUT2D eigenvalue weighted by Gasteiger charge is 2.16. The van der Waals surface area contributed by atoms with Crippen molar-refractivity contribution in [3.8, 4) is 34.5 Å². The molecule has 4 rings (SSSR count). The van der Waals surface area contributed by atoms with E-state index in [4.69, 9.17) is 14.7 Å². The molecule has 0 atom stereocenters. The molecule has 0 aliphatic rings. The van der Waals surface area contributed by atoms with Gasteiger partial charge in [0.25, 0.3) is 0 Å². The number of methoxy groups -OCH3 is 1. The topological polar surface area (TPSA) is 113 Å². The summed E-state index contributed by atoms with van der Waals surface area (Å²) in [5.41, 5.74) is 3.48. The van der Waals surface area contributed by atoms with Gasteiger partial charge in [0, 0.05) is 18.8 Å².